The Labute approximate surface area is 134 Å². The Hall–Kier alpha value is -2.55. The fraction of sp³-hybridized carbons (Fsp3) is 0.286. The number of hydrogen-bond acceptors (Lipinski definition) is 8. The molecule has 4 N–H and O–H groups in total. The van der Waals surface area contributed by atoms with Crippen LogP contribution in [0.25, 0.3) is 0 Å². The van der Waals surface area contributed by atoms with Crippen LogP contribution >= 0.6 is 0 Å². The largest absolute Gasteiger partial charge is 0.495 e. The summed E-state index contributed by atoms with van der Waals surface area (Å²) in [6.45, 7) is 1.91. The molecule has 0 saturated carbocycles. The summed E-state index contributed by atoms with van der Waals surface area (Å²) in [6.07, 6.45) is 3.04. The number of anilines is 2. The maximum absolute atomic E-state index is 11.9. The molecule has 124 valence electrons. The quantitative estimate of drug-likeness (QED) is 0.836. The first-order valence-electron chi connectivity index (χ1n) is 6.73. The van der Waals surface area contributed by atoms with Gasteiger partial charge in [0.2, 0.25) is 5.95 Å². The molecule has 0 fully saturated rings. The summed E-state index contributed by atoms with van der Waals surface area (Å²) in [6, 6.07) is 3.03. The van der Waals surface area contributed by atoms with E-state index < -0.39 is 9.84 Å². The monoisotopic (exact) mass is 338 g/mol. The van der Waals surface area contributed by atoms with Crippen LogP contribution in [0.5, 0.6) is 17.2 Å². The molecule has 0 bridgehead atoms. The number of nitrogens with zero attached hydrogens (tertiary/aromatic N) is 2. The number of aromatic nitrogens is 2. The maximum atomic E-state index is 11.9. The smallest absolute Gasteiger partial charge is 0.222 e. The van der Waals surface area contributed by atoms with Gasteiger partial charge in [0.25, 0.3) is 0 Å². The number of nitrogens with two attached hydrogens (primary N) is 2. The molecule has 1 aromatic heterocycles. The van der Waals surface area contributed by atoms with E-state index in [0.29, 0.717) is 12.2 Å². The van der Waals surface area contributed by atoms with Crippen molar-refractivity contribution in [3.05, 3.63) is 23.9 Å². The highest BCUT2D eigenvalue weighted by Crippen LogP contribution is 2.36. The number of benzene rings is 1. The van der Waals surface area contributed by atoms with Crippen molar-refractivity contribution in [1.82, 2.24) is 9.97 Å². The SMILES string of the molecule is CCc1cc(OC)c(S(C)(=O)=O)cc1Oc1cnc(N)nc1N. The lowest BCUT2D eigenvalue weighted by Crippen LogP contribution is -2.05. The minimum absolute atomic E-state index is 0.0251. The predicted octanol–water partition coefficient (Wildman–Crippen LogP) is 1.41. The highest BCUT2D eigenvalue weighted by molar-refractivity contribution is 7.90. The molecule has 1 heterocycles. The van der Waals surface area contributed by atoms with E-state index >= 15 is 0 Å². The third-order valence-electron chi connectivity index (χ3n) is 3.15. The Morgan fingerprint density at radius 1 is 1.17 bits per heavy atom. The van der Waals surface area contributed by atoms with Crippen molar-refractivity contribution in [2.45, 2.75) is 18.2 Å². The zero-order chi connectivity index (χ0) is 17.2. The fourth-order valence-electron chi connectivity index (χ4n) is 2.00. The molecule has 0 amide bonds. The second-order valence-corrected chi connectivity index (χ2v) is 6.80. The van der Waals surface area contributed by atoms with Gasteiger partial charge in [-0.1, -0.05) is 6.92 Å². The van der Waals surface area contributed by atoms with Crippen LogP contribution in [0.2, 0.25) is 0 Å². The van der Waals surface area contributed by atoms with Gasteiger partial charge in [0.05, 0.1) is 13.3 Å². The van der Waals surface area contributed by atoms with Crippen molar-refractivity contribution >= 4 is 21.6 Å². The van der Waals surface area contributed by atoms with Crippen LogP contribution in [-0.2, 0) is 16.3 Å². The molecule has 2 aromatic rings. The Kier molecular flexibility index (Phi) is 4.60. The standard InChI is InChI=1S/C14H18N4O4S/c1-4-8-5-10(21-2)12(23(3,19)20)6-9(8)22-11-7-17-14(16)18-13(11)15/h5-7H,4H2,1-3H3,(H4,15,16,17,18). The van der Waals surface area contributed by atoms with E-state index in [2.05, 4.69) is 9.97 Å². The minimum atomic E-state index is -3.49. The summed E-state index contributed by atoms with van der Waals surface area (Å²) >= 11 is 0. The normalized spacial score (nSPS) is 11.3. The molecule has 2 rings (SSSR count). The lowest BCUT2D eigenvalue weighted by Gasteiger charge is -2.15. The van der Waals surface area contributed by atoms with E-state index in [9.17, 15) is 8.42 Å². The molecule has 0 aliphatic rings. The fourth-order valence-corrected chi connectivity index (χ4v) is 2.83. The number of rotatable bonds is 5. The van der Waals surface area contributed by atoms with Gasteiger partial charge < -0.3 is 20.9 Å². The molecular formula is C14H18N4O4S. The van der Waals surface area contributed by atoms with Gasteiger partial charge in [0.15, 0.2) is 21.4 Å². The van der Waals surface area contributed by atoms with Crippen molar-refractivity contribution in [3.8, 4) is 17.2 Å². The third kappa shape index (κ3) is 3.62. The van der Waals surface area contributed by atoms with Gasteiger partial charge in [-0.05, 0) is 18.1 Å². The van der Waals surface area contributed by atoms with E-state index in [-0.39, 0.29) is 28.2 Å². The number of hydrogen-bond donors (Lipinski definition) is 2. The average molecular weight is 338 g/mol. The summed E-state index contributed by atoms with van der Waals surface area (Å²) in [5.74, 6) is 0.888. The molecule has 1 aromatic carbocycles. The van der Waals surface area contributed by atoms with E-state index in [4.69, 9.17) is 20.9 Å². The lowest BCUT2D eigenvalue weighted by molar-refractivity contribution is 0.399. The van der Waals surface area contributed by atoms with Gasteiger partial charge in [-0.3, -0.25) is 0 Å². The van der Waals surface area contributed by atoms with E-state index in [1.807, 2.05) is 6.92 Å². The summed E-state index contributed by atoms with van der Waals surface area (Å²) in [4.78, 5) is 7.65. The first kappa shape index (κ1) is 16.8. The molecular weight excluding hydrogens is 320 g/mol. The second kappa shape index (κ2) is 6.29. The van der Waals surface area contributed by atoms with Crippen LogP contribution in [0.1, 0.15) is 12.5 Å². The molecule has 9 heteroatoms. The predicted molar refractivity (Wildman–Crippen MR) is 86.4 cm³/mol. The van der Waals surface area contributed by atoms with Crippen molar-refractivity contribution in [1.29, 1.82) is 0 Å². The zero-order valence-corrected chi connectivity index (χ0v) is 13.8. The van der Waals surface area contributed by atoms with Gasteiger partial charge in [-0.15, -0.1) is 0 Å². The number of nitrogen functional groups attached to an aromatic ring is 2. The topological polar surface area (TPSA) is 130 Å². The molecule has 0 unspecified atom stereocenters. The highest BCUT2D eigenvalue weighted by Gasteiger charge is 2.19. The Morgan fingerprint density at radius 2 is 1.87 bits per heavy atom. The number of aryl methyl sites for hydroxylation is 1. The van der Waals surface area contributed by atoms with E-state index in [0.717, 1.165) is 11.8 Å². The van der Waals surface area contributed by atoms with Crippen LogP contribution in [-0.4, -0.2) is 31.8 Å². The first-order valence-corrected chi connectivity index (χ1v) is 8.62. The van der Waals surface area contributed by atoms with Crippen LogP contribution < -0.4 is 20.9 Å². The molecule has 0 radical (unpaired) electrons. The summed E-state index contributed by atoms with van der Waals surface area (Å²) < 4.78 is 34.7. The van der Waals surface area contributed by atoms with Gasteiger partial charge in [-0.25, -0.2) is 13.4 Å². The van der Waals surface area contributed by atoms with Crippen molar-refractivity contribution in [2.24, 2.45) is 0 Å². The summed E-state index contributed by atoms with van der Waals surface area (Å²) in [5.41, 5.74) is 11.9. The molecule has 0 saturated heterocycles. The zero-order valence-electron chi connectivity index (χ0n) is 13.0. The molecule has 0 atom stereocenters. The van der Waals surface area contributed by atoms with Gasteiger partial charge in [0.1, 0.15) is 16.4 Å². The molecule has 0 aliphatic heterocycles. The van der Waals surface area contributed by atoms with Gasteiger partial charge in [-0.2, -0.15) is 4.98 Å². The van der Waals surface area contributed by atoms with Crippen molar-refractivity contribution in [3.63, 3.8) is 0 Å². The van der Waals surface area contributed by atoms with Crippen LogP contribution in [0.3, 0.4) is 0 Å². The number of sulfone groups is 1. The van der Waals surface area contributed by atoms with Crippen LogP contribution in [0.4, 0.5) is 11.8 Å². The van der Waals surface area contributed by atoms with Gasteiger partial charge >= 0.3 is 0 Å². The Morgan fingerprint density at radius 3 is 2.39 bits per heavy atom. The Balaban J connectivity index is 2.56. The van der Waals surface area contributed by atoms with Crippen LogP contribution in [0, 0.1) is 0 Å². The molecule has 8 nitrogen and oxygen atoms in total. The van der Waals surface area contributed by atoms with Gasteiger partial charge in [0, 0.05) is 12.3 Å². The Bertz CT molecular complexity index is 837. The van der Waals surface area contributed by atoms with Crippen molar-refractivity contribution in [2.75, 3.05) is 24.8 Å². The number of ether oxygens (including phenoxy) is 2. The second-order valence-electron chi connectivity index (χ2n) is 4.82. The minimum Gasteiger partial charge on any atom is -0.495 e. The summed E-state index contributed by atoms with van der Waals surface area (Å²) in [5, 5.41) is 0. The average Bonchev–Trinajstić information content (AvgIpc) is 2.48. The molecule has 0 spiro atoms. The summed E-state index contributed by atoms with van der Waals surface area (Å²) in [7, 11) is -2.08. The van der Waals surface area contributed by atoms with E-state index in [1.165, 1.54) is 19.4 Å². The van der Waals surface area contributed by atoms with Crippen LogP contribution in [0.15, 0.2) is 23.2 Å². The maximum Gasteiger partial charge on any atom is 0.222 e. The first-order chi connectivity index (χ1) is 10.8. The lowest BCUT2D eigenvalue weighted by atomic mass is 10.1. The highest BCUT2D eigenvalue weighted by atomic mass is 32.2. The van der Waals surface area contributed by atoms with E-state index in [1.54, 1.807) is 6.07 Å². The third-order valence-corrected chi connectivity index (χ3v) is 4.27. The number of methoxy groups -OCH3 is 1. The molecule has 23 heavy (non-hydrogen) atoms. The van der Waals surface area contributed by atoms with Crippen molar-refractivity contribution < 1.29 is 17.9 Å². The molecule has 0 aliphatic carbocycles.